The predicted octanol–water partition coefficient (Wildman–Crippen LogP) is -0.482. The number of carboxylic acids is 1. The Morgan fingerprint density at radius 2 is 2.25 bits per heavy atom. The summed E-state index contributed by atoms with van der Waals surface area (Å²) in [5.74, 6) is -2.40. The summed E-state index contributed by atoms with van der Waals surface area (Å²) in [7, 11) is -1.39. The average molecular weight is 355 g/mol. The van der Waals surface area contributed by atoms with E-state index in [2.05, 4.69) is 5.32 Å². The second-order valence-electron chi connectivity index (χ2n) is 5.14. The topological polar surface area (TPSA) is 125 Å². The Kier molecular flexibility index (Phi) is 6.94. The number of carbonyl (C=O) groups is 2. The zero-order chi connectivity index (χ0) is 17.5. The van der Waals surface area contributed by atoms with Crippen LogP contribution in [-0.4, -0.2) is 66.1 Å². The van der Waals surface area contributed by atoms with Crippen LogP contribution < -0.4 is 5.32 Å². The number of carbonyl (C=O) groups excluding carboxylic acids is 1. The third-order valence-electron chi connectivity index (χ3n) is 3.32. The van der Waals surface area contributed by atoms with Gasteiger partial charge in [-0.05, 0) is 17.5 Å². The third-order valence-corrected chi connectivity index (χ3v) is 4.23. The minimum Gasteiger partial charge on any atom is -0.481 e. The SMILES string of the molecule is O=C(O)C[C@H]1COC[C@H](NC(=O)/C(=C\CO)c2cccs2)B(O)O1. The van der Waals surface area contributed by atoms with E-state index in [1.165, 1.54) is 17.4 Å². The van der Waals surface area contributed by atoms with Crippen LogP contribution in [0.5, 0.6) is 0 Å². The van der Waals surface area contributed by atoms with Gasteiger partial charge in [-0.15, -0.1) is 11.3 Å². The van der Waals surface area contributed by atoms with Gasteiger partial charge in [-0.2, -0.15) is 0 Å². The summed E-state index contributed by atoms with van der Waals surface area (Å²) in [5.41, 5.74) is 0.283. The summed E-state index contributed by atoms with van der Waals surface area (Å²) in [5, 5.41) is 32.3. The summed E-state index contributed by atoms with van der Waals surface area (Å²) in [6.07, 6.45) is 0.283. The molecule has 0 radical (unpaired) electrons. The second kappa shape index (κ2) is 8.95. The van der Waals surface area contributed by atoms with Gasteiger partial charge in [-0.1, -0.05) is 6.07 Å². The molecule has 4 N–H and O–H groups in total. The fourth-order valence-corrected chi connectivity index (χ4v) is 2.99. The Morgan fingerprint density at radius 1 is 1.46 bits per heavy atom. The lowest BCUT2D eigenvalue weighted by molar-refractivity contribution is -0.139. The van der Waals surface area contributed by atoms with Crippen LogP contribution in [0.3, 0.4) is 0 Å². The van der Waals surface area contributed by atoms with Gasteiger partial charge in [-0.3, -0.25) is 9.59 Å². The first-order valence-electron chi connectivity index (χ1n) is 7.30. The molecule has 0 saturated carbocycles. The molecule has 0 spiro atoms. The Labute approximate surface area is 142 Å². The van der Waals surface area contributed by atoms with Crippen LogP contribution in [-0.2, 0) is 19.0 Å². The van der Waals surface area contributed by atoms with Crippen molar-refractivity contribution in [1.29, 1.82) is 0 Å². The smallest absolute Gasteiger partial charge is 0.480 e. The first-order valence-corrected chi connectivity index (χ1v) is 8.18. The number of rotatable bonds is 6. The molecule has 0 unspecified atom stereocenters. The molecule has 1 aromatic rings. The van der Waals surface area contributed by atoms with Crippen LogP contribution in [0.2, 0.25) is 0 Å². The molecule has 0 aromatic carbocycles. The number of carboxylic acid groups (broad SMARTS) is 1. The van der Waals surface area contributed by atoms with Gasteiger partial charge < -0.3 is 29.9 Å². The maximum Gasteiger partial charge on any atom is 0.480 e. The zero-order valence-electron chi connectivity index (χ0n) is 12.8. The van der Waals surface area contributed by atoms with Gasteiger partial charge in [0.2, 0.25) is 0 Å². The number of aliphatic hydroxyl groups is 1. The normalized spacial score (nSPS) is 22.1. The van der Waals surface area contributed by atoms with Gasteiger partial charge in [-0.25, -0.2) is 0 Å². The highest BCUT2D eigenvalue weighted by atomic mass is 32.1. The summed E-state index contributed by atoms with van der Waals surface area (Å²) in [6.45, 7) is -0.304. The maximum absolute atomic E-state index is 12.4. The molecular weight excluding hydrogens is 337 g/mol. The molecule has 0 aliphatic carbocycles. The number of aliphatic hydroxyl groups excluding tert-OH is 1. The Morgan fingerprint density at radius 3 is 2.88 bits per heavy atom. The Hall–Kier alpha value is -1.72. The predicted molar refractivity (Wildman–Crippen MR) is 87.2 cm³/mol. The van der Waals surface area contributed by atoms with Gasteiger partial charge in [0.1, 0.15) is 0 Å². The molecule has 1 aromatic heterocycles. The molecule has 2 rings (SSSR count). The van der Waals surface area contributed by atoms with Crippen LogP contribution >= 0.6 is 11.3 Å². The van der Waals surface area contributed by atoms with Gasteiger partial charge in [0.05, 0.1) is 43.9 Å². The monoisotopic (exact) mass is 355 g/mol. The highest BCUT2D eigenvalue weighted by molar-refractivity contribution is 7.11. The molecule has 8 nitrogen and oxygen atoms in total. The highest BCUT2D eigenvalue weighted by Gasteiger charge is 2.35. The number of amides is 1. The number of hydrogen-bond donors (Lipinski definition) is 4. The van der Waals surface area contributed by atoms with E-state index in [1.54, 1.807) is 17.5 Å². The molecule has 1 amide bonds. The largest absolute Gasteiger partial charge is 0.481 e. The second-order valence-corrected chi connectivity index (χ2v) is 6.09. The van der Waals surface area contributed by atoms with E-state index >= 15 is 0 Å². The van der Waals surface area contributed by atoms with Crippen molar-refractivity contribution in [2.45, 2.75) is 18.5 Å². The van der Waals surface area contributed by atoms with Crippen molar-refractivity contribution in [1.82, 2.24) is 5.32 Å². The molecule has 1 saturated heterocycles. The lowest BCUT2D eigenvalue weighted by Crippen LogP contribution is -2.50. The van der Waals surface area contributed by atoms with E-state index in [4.69, 9.17) is 19.6 Å². The van der Waals surface area contributed by atoms with Crippen molar-refractivity contribution in [3.63, 3.8) is 0 Å². The van der Waals surface area contributed by atoms with Crippen molar-refractivity contribution >= 4 is 35.9 Å². The molecule has 1 aliphatic heterocycles. The molecule has 24 heavy (non-hydrogen) atoms. The Bertz CT molecular complexity index is 592. The quantitative estimate of drug-likeness (QED) is 0.401. The summed E-state index contributed by atoms with van der Waals surface area (Å²) < 4.78 is 10.5. The van der Waals surface area contributed by atoms with Crippen molar-refractivity contribution in [2.24, 2.45) is 0 Å². The first-order chi connectivity index (χ1) is 11.5. The minimum atomic E-state index is -1.39. The molecule has 10 heteroatoms. The molecule has 2 heterocycles. The van der Waals surface area contributed by atoms with Crippen LogP contribution in [0.4, 0.5) is 0 Å². The van der Waals surface area contributed by atoms with Crippen molar-refractivity contribution in [2.75, 3.05) is 19.8 Å². The minimum absolute atomic E-state index is 0.0139. The van der Waals surface area contributed by atoms with Gasteiger partial charge >= 0.3 is 13.1 Å². The number of nitrogens with one attached hydrogen (secondary N) is 1. The summed E-state index contributed by atoms with van der Waals surface area (Å²) in [6, 6.07) is 3.52. The summed E-state index contributed by atoms with van der Waals surface area (Å²) >= 11 is 1.34. The fraction of sp³-hybridized carbons (Fsp3) is 0.429. The number of thiophene rings is 1. The molecule has 1 fully saturated rings. The van der Waals surface area contributed by atoms with E-state index in [1.807, 2.05) is 0 Å². The number of aliphatic carboxylic acids is 1. The van der Waals surface area contributed by atoms with E-state index in [9.17, 15) is 14.6 Å². The third kappa shape index (κ3) is 5.15. The van der Waals surface area contributed by atoms with Crippen molar-refractivity contribution in [3.8, 4) is 0 Å². The van der Waals surface area contributed by atoms with E-state index < -0.39 is 31.0 Å². The first kappa shape index (κ1) is 18.6. The maximum atomic E-state index is 12.4. The van der Waals surface area contributed by atoms with E-state index in [0.717, 1.165) is 0 Å². The fourth-order valence-electron chi connectivity index (χ4n) is 2.23. The van der Waals surface area contributed by atoms with Crippen LogP contribution in [0.1, 0.15) is 11.3 Å². The summed E-state index contributed by atoms with van der Waals surface area (Å²) in [4.78, 5) is 23.8. The van der Waals surface area contributed by atoms with Crippen LogP contribution in [0.25, 0.3) is 5.57 Å². The molecule has 1 aliphatic rings. The zero-order valence-corrected chi connectivity index (χ0v) is 13.6. The number of ether oxygens (including phenoxy) is 1. The van der Waals surface area contributed by atoms with Gasteiger partial charge in [0.15, 0.2) is 0 Å². The molecular formula is C14H18BNO7S. The van der Waals surface area contributed by atoms with Crippen LogP contribution in [0, 0.1) is 0 Å². The van der Waals surface area contributed by atoms with Crippen molar-refractivity contribution in [3.05, 3.63) is 28.5 Å². The lowest BCUT2D eigenvalue weighted by atomic mass is 9.79. The molecule has 130 valence electrons. The average Bonchev–Trinajstić information content (AvgIpc) is 2.98. The van der Waals surface area contributed by atoms with Gasteiger partial charge in [0.25, 0.3) is 5.91 Å². The van der Waals surface area contributed by atoms with E-state index in [-0.39, 0.29) is 31.8 Å². The Balaban J connectivity index is 2.02. The highest BCUT2D eigenvalue weighted by Crippen LogP contribution is 2.20. The number of hydrogen-bond acceptors (Lipinski definition) is 7. The molecule has 0 bridgehead atoms. The van der Waals surface area contributed by atoms with E-state index in [0.29, 0.717) is 4.88 Å². The van der Waals surface area contributed by atoms with Gasteiger partial charge in [0, 0.05) is 4.88 Å². The van der Waals surface area contributed by atoms with Crippen LogP contribution in [0.15, 0.2) is 23.6 Å². The standard InChI is InChI=1S/C14H18BNO7S/c17-4-3-10(11-2-1-5-24-11)14(20)16-12-8-22-7-9(6-13(18)19)23-15(12)21/h1-3,5,9,12,17,21H,4,6-8H2,(H,16,20)(H,18,19)/b10-3-/t9-,12-/m0/s1. The van der Waals surface area contributed by atoms with Crippen molar-refractivity contribution < 1.29 is 34.2 Å². The molecule has 2 atom stereocenters. The lowest BCUT2D eigenvalue weighted by Gasteiger charge is -2.19.